The van der Waals surface area contributed by atoms with Crippen LogP contribution in [0.4, 0.5) is 0 Å². The van der Waals surface area contributed by atoms with E-state index >= 15 is 0 Å². The molecule has 0 radical (unpaired) electrons. The van der Waals surface area contributed by atoms with Crippen LogP contribution in [-0.2, 0) is 4.79 Å². The van der Waals surface area contributed by atoms with Gasteiger partial charge in [0.2, 0.25) is 5.91 Å². The fourth-order valence-electron chi connectivity index (χ4n) is 2.33. The normalized spacial score (nSPS) is 19.6. The molecule has 1 aromatic heterocycles. The summed E-state index contributed by atoms with van der Waals surface area (Å²) in [6, 6.07) is 9.82. The molecule has 3 rings (SSSR count). The molecule has 1 aromatic carbocycles. The van der Waals surface area contributed by atoms with Gasteiger partial charge in [-0.25, -0.2) is 0 Å². The summed E-state index contributed by atoms with van der Waals surface area (Å²) >= 11 is 0. The fraction of sp³-hybridized carbons (Fsp3) is 0.267. The first-order chi connectivity index (χ1) is 9.22. The van der Waals surface area contributed by atoms with Gasteiger partial charge in [0.05, 0.1) is 0 Å². The van der Waals surface area contributed by atoms with Crippen molar-refractivity contribution in [2.45, 2.75) is 12.5 Å². The zero-order valence-corrected chi connectivity index (χ0v) is 10.6. The number of amides is 1. The van der Waals surface area contributed by atoms with Crippen molar-refractivity contribution in [2.75, 3.05) is 13.1 Å². The Kier molecular flexibility index (Phi) is 3.09. The largest absolute Gasteiger partial charge is 0.457 e. The third-order valence-corrected chi connectivity index (χ3v) is 3.37. The molecule has 1 saturated heterocycles. The average molecular weight is 256 g/mol. The molecule has 2 aromatic rings. The average Bonchev–Trinajstić information content (AvgIpc) is 3.01. The van der Waals surface area contributed by atoms with Crippen molar-refractivity contribution in [1.29, 1.82) is 0 Å². The summed E-state index contributed by atoms with van der Waals surface area (Å²) in [4.78, 5) is 13.7. The number of nitrogens with zero attached hydrogens (tertiary/aromatic N) is 1. The number of hydrogen-bond donors (Lipinski definition) is 1. The highest BCUT2D eigenvalue weighted by atomic mass is 16.3. The lowest BCUT2D eigenvalue weighted by Gasteiger charge is -2.12. The summed E-state index contributed by atoms with van der Waals surface area (Å²) < 4.78 is 5.62. The molecule has 19 heavy (non-hydrogen) atoms. The minimum absolute atomic E-state index is 0.00611. The summed E-state index contributed by atoms with van der Waals surface area (Å²) in [6.07, 6.45) is 4.14. The Morgan fingerprint density at radius 3 is 3.00 bits per heavy atom. The summed E-state index contributed by atoms with van der Waals surface area (Å²) in [5.74, 6) is 0.687. The molecule has 0 unspecified atom stereocenters. The first-order valence-electron chi connectivity index (χ1n) is 6.43. The zero-order chi connectivity index (χ0) is 13.2. The van der Waals surface area contributed by atoms with Crippen LogP contribution >= 0.6 is 0 Å². The Hall–Kier alpha value is -2.07. The van der Waals surface area contributed by atoms with Gasteiger partial charge in [-0.05, 0) is 24.6 Å². The Bertz CT molecular complexity index is 597. The molecule has 0 aliphatic carbocycles. The molecule has 1 fully saturated rings. The maximum atomic E-state index is 11.9. The summed E-state index contributed by atoms with van der Waals surface area (Å²) in [5, 5.41) is 1.04. The van der Waals surface area contributed by atoms with Gasteiger partial charge in [0.15, 0.2) is 0 Å². The van der Waals surface area contributed by atoms with Crippen molar-refractivity contribution in [2.24, 2.45) is 5.73 Å². The Morgan fingerprint density at radius 2 is 2.26 bits per heavy atom. The van der Waals surface area contributed by atoms with Crippen LogP contribution in [0.5, 0.6) is 0 Å². The van der Waals surface area contributed by atoms with Gasteiger partial charge in [-0.15, -0.1) is 0 Å². The van der Waals surface area contributed by atoms with E-state index in [0.29, 0.717) is 12.3 Å². The summed E-state index contributed by atoms with van der Waals surface area (Å²) in [5.41, 5.74) is 6.62. The molecule has 0 bridgehead atoms. The van der Waals surface area contributed by atoms with Gasteiger partial charge in [-0.1, -0.05) is 18.2 Å². The first-order valence-corrected chi connectivity index (χ1v) is 6.43. The highest BCUT2D eigenvalue weighted by Gasteiger charge is 2.21. The second kappa shape index (κ2) is 4.90. The lowest BCUT2D eigenvalue weighted by Crippen LogP contribution is -2.30. The highest BCUT2D eigenvalue weighted by molar-refractivity contribution is 5.92. The summed E-state index contributed by atoms with van der Waals surface area (Å²) in [6.45, 7) is 1.38. The number of para-hydroxylation sites is 1. The number of likely N-dealkylation sites (tertiary alicyclic amines) is 1. The van der Waals surface area contributed by atoms with Crippen LogP contribution in [0.3, 0.4) is 0 Å². The maximum absolute atomic E-state index is 11.9. The van der Waals surface area contributed by atoms with Crippen molar-refractivity contribution in [3.05, 3.63) is 42.2 Å². The number of benzene rings is 1. The third kappa shape index (κ3) is 2.53. The maximum Gasteiger partial charge on any atom is 0.246 e. The van der Waals surface area contributed by atoms with E-state index in [-0.39, 0.29) is 11.9 Å². The minimum Gasteiger partial charge on any atom is -0.457 e. The van der Waals surface area contributed by atoms with Crippen LogP contribution in [0.2, 0.25) is 0 Å². The van der Waals surface area contributed by atoms with E-state index in [4.69, 9.17) is 10.2 Å². The topological polar surface area (TPSA) is 59.5 Å². The Labute approximate surface area is 111 Å². The molecule has 4 heteroatoms. The van der Waals surface area contributed by atoms with Crippen LogP contribution < -0.4 is 5.73 Å². The minimum atomic E-state index is -0.00611. The van der Waals surface area contributed by atoms with Gasteiger partial charge in [0.1, 0.15) is 11.3 Å². The number of rotatable bonds is 2. The fourth-order valence-corrected chi connectivity index (χ4v) is 2.33. The molecule has 1 aliphatic heterocycles. The van der Waals surface area contributed by atoms with Crippen molar-refractivity contribution in [1.82, 2.24) is 4.90 Å². The quantitative estimate of drug-likeness (QED) is 0.836. The molecular formula is C15H16N2O2. The van der Waals surface area contributed by atoms with Gasteiger partial charge < -0.3 is 15.1 Å². The smallest absolute Gasteiger partial charge is 0.246 e. The van der Waals surface area contributed by atoms with Crippen LogP contribution in [0.1, 0.15) is 12.2 Å². The van der Waals surface area contributed by atoms with Gasteiger partial charge in [0, 0.05) is 30.6 Å². The van der Waals surface area contributed by atoms with Crippen LogP contribution in [0.25, 0.3) is 17.0 Å². The highest BCUT2D eigenvalue weighted by Crippen LogP contribution is 2.19. The number of hydrogen-bond acceptors (Lipinski definition) is 3. The lowest BCUT2D eigenvalue weighted by atomic mass is 10.2. The van der Waals surface area contributed by atoms with E-state index in [2.05, 4.69) is 0 Å². The van der Waals surface area contributed by atoms with Gasteiger partial charge in [-0.3, -0.25) is 4.79 Å². The van der Waals surface area contributed by atoms with Crippen LogP contribution in [0.15, 0.2) is 40.8 Å². The van der Waals surface area contributed by atoms with Crippen molar-refractivity contribution in [3.63, 3.8) is 0 Å². The first kappa shape index (κ1) is 12.0. The Balaban J connectivity index is 1.73. The molecular weight excluding hydrogens is 240 g/mol. The van der Waals surface area contributed by atoms with Gasteiger partial charge in [-0.2, -0.15) is 0 Å². The second-order valence-electron chi connectivity index (χ2n) is 4.85. The SMILES string of the molecule is N[C@@H]1CCN(C(=O)/C=C/c2cc3ccccc3o2)C1. The van der Waals surface area contributed by atoms with Crippen molar-refractivity contribution < 1.29 is 9.21 Å². The number of carbonyl (C=O) groups excluding carboxylic acids is 1. The molecule has 2 N–H and O–H groups in total. The van der Waals surface area contributed by atoms with Crippen LogP contribution in [0, 0.1) is 0 Å². The van der Waals surface area contributed by atoms with Gasteiger partial charge in [0.25, 0.3) is 0 Å². The second-order valence-corrected chi connectivity index (χ2v) is 4.85. The third-order valence-electron chi connectivity index (χ3n) is 3.37. The molecule has 0 saturated carbocycles. The van der Waals surface area contributed by atoms with E-state index in [0.717, 1.165) is 23.9 Å². The van der Waals surface area contributed by atoms with E-state index in [9.17, 15) is 4.79 Å². The molecule has 1 aliphatic rings. The van der Waals surface area contributed by atoms with Crippen molar-refractivity contribution in [3.8, 4) is 0 Å². The molecule has 1 atom stereocenters. The molecule has 4 nitrogen and oxygen atoms in total. The number of nitrogens with two attached hydrogens (primary N) is 1. The van der Waals surface area contributed by atoms with Crippen molar-refractivity contribution >= 4 is 23.0 Å². The standard InChI is InChI=1S/C15H16N2O2/c16-12-7-8-17(10-12)15(18)6-5-13-9-11-3-1-2-4-14(11)19-13/h1-6,9,12H,7-8,10,16H2/b6-5+/t12-/m1/s1. The van der Waals surface area contributed by atoms with Crippen LogP contribution in [-0.4, -0.2) is 29.9 Å². The predicted molar refractivity (Wildman–Crippen MR) is 74.4 cm³/mol. The van der Waals surface area contributed by atoms with E-state index < -0.39 is 0 Å². The monoisotopic (exact) mass is 256 g/mol. The predicted octanol–water partition coefficient (Wildman–Crippen LogP) is 2.01. The molecule has 0 spiro atoms. The number of furan rings is 1. The van der Waals surface area contributed by atoms with E-state index in [1.165, 1.54) is 0 Å². The number of fused-ring (bicyclic) bond motifs is 1. The Morgan fingerprint density at radius 1 is 1.42 bits per heavy atom. The molecule has 1 amide bonds. The lowest BCUT2D eigenvalue weighted by molar-refractivity contribution is -0.124. The van der Waals surface area contributed by atoms with Gasteiger partial charge >= 0.3 is 0 Å². The van der Waals surface area contributed by atoms with E-state index in [1.54, 1.807) is 17.1 Å². The zero-order valence-electron chi connectivity index (χ0n) is 10.6. The number of carbonyl (C=O) groups is 1. The van der Waals surface area contributed by atoms with E-state index in [1.807, 2.05) is 30.3 Å². The molecule has 98 valence electrons. The summed E-state index contributed by atoms with van der Waals surface area (Å²) in [7, 11) is 0. The molecule has 2 heterocycles.